The Morgan fingerprint density at radius 3 is 2.53 bits per heavy atom. The number of nitriles is 1. The van der Waals surface area contributed by atoms with E-state index in [1.54, 1.807) is 30.9 Å². The molecule has 0 bridgehead atoms. The summed E-state index contributed by atoms with van der Waals surface area (Å²) in [5, 5.41) is 30.3. The number of benzene rings is 2. The number of thiocarbonyl (C=S) groups is 1. The van der Waals surface area contributed by atoms with Crippen LogP contribution in [0, 0.1) is 11.3 Å². The molecule has 1 aliphatic rings. The van der Waals surface area contributed by atoms with Crippen LogP contribution in [0.25, 0.3) is 0 Å². The lowest BCUT2D eigenvalue weighted by atomic mass is 10.0. The smallest absolute Gasteiger partial charge is 0.411 e. The van der Waals surface area contributed by atoms with E-state index in [1.807, 2.05) is 6.07 Å². The van der Waals surface area contributed by atoms with Crippen molar-refractivity contribution in [2.75, 3.05) is 28.3 Å². The minimum absolute atomic E-state index is 0.165. The summed E-state index contributed by atoms with van der Waals surface area (Å²) in [6.07, 6.45) is -2.09. The highest BCUT2D eigenvalue weighted by atomic mass is 35.5. The second kappa shape index (κ2) is 10.1. The first-order valence-electron chi connectivity index (χ1n) is 9.92. The number of amides is 2. The number of carbonyl (C=O) groups excluding carboxylic acids is 2. The molecule has 2 aromatic rings. The zero-order valence-corrected chi connectivity index (χ0v) is 20.4. The van der Waals surface area contributed by atoms with Gasteiger partial charge in [-0.05, 0) is 62.5 Å². The lowest BCUT2D eigenvalue weighted by Crippen LogP contribution is -2.44. The minimum atomic E-state index is -1.21. The van der Waals surface area contributed by atoms with Crippen molar-refractivity contribution in [1.82, 2.24) is 0 Å². The van der Waals surface area contributed by atoms with E-state index in [4.69, 9.17) is 50.5 Å². The summed E-state index contributed by atoms with van der Waals surface area (Å²) in [6.45, 7) is 2.43. The highest BCUT2D eigenvalue weighted by Gasteiger charge is 2.50. The first-order valence-corrected chi connectivity index (χ1v) is 11.1. The second-order valence-electron chi connectivity index (χ2n) is 7.82. The van der Waals surface area contributed by atoms with E-state index in [9.17, 15) is 14.7 Å². The molecular formula is C22H20Cl2N4O5S. The van der Waals surface area contributed by atoms with Gasteiger partial charge in [0, 0.05) is 5.69 Å². The topological polar surface area (TPSA) is 126 Å². The molecule has 1 aliphatic heterocycles. The number of hydrogen-bond donors (Lipinski definition) is 3. The second-order valence-corrected chi connectivity index (χ2v) is 9.00. The van der Waals surface area contributed by atoms with Crippen LogP contribution in [0.1, 0.15) is 19.4 Å². The lowest BCUT2D eigenvalue weighted by molar-refractivity contribution is -0.120. The Balaban J connectivity index is 1.92. The first kappa shape index (κ1) is 25.7. The highest BCUT2D eigenvalue weighted by Crippen LogP contribution is 2.39. The molecule has 3 N–H and O–H groups in total. The molecule has 9 nitrogen and oxygen atoms in total. The minimum Gasteiger partial charge on any atom is -0.446 e. The summed E-state index contributed by atoms with van der Waals surface area (Å²) < 4.78 is 4.85. The van der Waals surface area contributed by atoms with Gasteiger partial charge in [0.2, 0.25) is 0 Å². The Kier molecular flexibility index (Phi) is 7.65. The Hall–Kier alpha value is -2.94. The van der Waals surface area contributed by atoms with Gasteiger partial charge >= 0.3 is 6.09 Å². The van der Waals surface area contributed by atoms with E-state index in [0.29, 0.717) is 11.4 Å². The number of rotatable bonds is 6. The number of nitrogens with one attached hydrogen (secondary N) is 1. The molecule has 1 heterocycles. The van der Waals surface area contributed by atoms with Gasteiger partial charge in [-0.2, -0.15) is 5.26 Å². The lowest BCUT2D eigenvalue weighted by Gasteiger charge is -2.30. The Bertz CT molecular complexity index is 1200. The predicted octanol–water partition coefficient (Wildman–Crippen LogP) is 3.68. The highest BCUT2D eigenvalue weighted by molar-refractivity contribution is 7.81. The fourth-order valence-corrected chi connectivity index (χ4v) is 4.21. The number of carbonyl (C=O) groups is 2. The van der Waals surface area contributed by atoms with Gasteiger partial charge in [-0.15, -0.1) is 0 Å². The van der Waals surface area contributed by atoms with Gasteiger partial charge in [-0.1, -0.05) is 23.2 Å². The number of ether oxygens (including phenoxy) is 1. The Morgan fingerprint density at radius 1 is 1.24 bits per heavy atom. The summed E-state index contributed by atoms with van der Waals surface area (Å²) in [4.78, 5) is 28.3. The first-order chi connectivity index (χ1) is 16.0. The molecule has 1 unspecified atom stereocenters. The van der Waals surface area contributed by atoms with Gasteiger partial charge in [0.1, 0.15) is 24.3 Å². The normalized spacial score (nSPS) is 15.8. The largest absolute Gasteiger partial charge is 0.446 e. The number of hydrogen-bond acceptors (Lipinski definition) is 7. The molecule has 34 heavy (non-hydrogen) atoms. The monoisotopic (exact) mass is 522 g/mol. The van der Waals surface area contributed by atoms with Gasteiger partial charge in [-0.25, -0.2) is 4.79 Å². The van der Waals surface area contributed by atoms with Crippen LogP contribution in [0.3, 0.4) is 0 Å². The quantitative estimate of drug-likeness (QED) is 0.490. The molecule has 1 atom stereocenters. The number of aliphatic hydroxyl groups is 2. The van der Waals surface area contributed by atoms with Crippen LogP contribution < -0.4 is 15.1 Å². The summed E-state index contributed by atoms with van der Waals surface area (Å²) in [7, 11) is 0. The SMILES string of the molecule is CC1(C)C(=O)N(c2ccc(C#N)c(Cl)c2)C(=S)N1c1ccc(Cl)c(NC(=O)OCC(O)CO)c1. The van der Waals surface area contributed by atoms with Gasteiger partial charge in [-0.3, -0.25) is 15.0 Å². The molecule has 0 radical (unpaired) electrons. The van der Waals surface area contributed by atoms with Crippen molar-refractivity contribution in [3.8, 4) is 6.07 Å². The van der Waals surface area contributed by atoms with Gasteiger partial charge in [0.15, 0.2) is 5.11 Å². The molecule has 12 heteroatoms. The van der Waals surface area contributed by atoms with E-state index < -0.39 is 30.9 Å². The van der Waals surface area contributed by atoms with Crippen LogP contribution in [-0.2, 0) is 9.53 Å². The average Bonchev–Trinajstić information content (AvgIpc) is 2.97. The van der Waals surface area contributed by atoms with Crippen LogP contribution in [0.2, 0.25) is 10.0 Å². The summed E-state index contributed by atoms with van der Waals surface area (Å²) in [5.41, 5.74) is 0.238. The molecule has 1 fully saturated rings. The third kappa shape index (κ3) is 4.94. The Labute approximate surface area is 211 Å². The summed E-state index contributed by atoms with van der Waals surface area (Å²) in [5.74, 6) is -0.319. The fraction of sp³-hybridized carbons (Fsp3) is 0.273. The molecule has 0 spiro atoms. The summed E-state index contributed by atoms with van der Waals surface area (Å²) in [6, 6.07) is 11.3. The number of aliphatic hydroxyl groups excluding tert-OH is 2. The molecule has 3 rings (SSSR count). The van der Waals surface area contributed by atoms with Gasteiger partial charge in [0.25, 0.3) is 5.91 Å². The van der Waals surface area contributed by atoms with Crippen LogP contribution in [0.5, 0.6) is 0 Å². The number of nitrogens with zero attached hydrogens (tertiary/aromatic N) is 3. The number of anilines is 3. The molecule has 2 aromatic carbocycles. The van der Waals surface area contributed by atoms with Crippen LogP contribution in [0.15, 0.2) is 36.4 Å². The van der Waals surface area contributed by atoms with Crippen molar-refractivity contribution in [2.24, 2.45) is 0 Å². The average molecular weight is 523 g/mol. The molecular weight excluding hydrogens is 503 g/mol. The zero-order chi connectivity index (χ0) is 25.2. The third-order valence-electron chi connectivity index (χ3n) is 5.06. The van der Waals surface area contributed by atoms with E-state index in [0.717, 1.165) is 0 Å². The van der Waals surface area contributed by atoms with Crippen LogP contribution in [-0.4, -0.2) is 52.2 Å². The maximum Gasteiger partial charge on any atom is 0.411 e. The van der Waals surface area contributed by atoms with Crippen LogP contribution >= 0.6 is 35.4 Å². The van der Waals surface area contributed by atoms with E-state index in [-0.39, 0.29) is 32.3 Å². The van der Waals surface area contributed by atoms with Crippen molar-refractivity contribution in [3.63, 3.8) is 0 Å². The van der Waals surface area contributed by atoms with Gasteiger partial charge < -0.3 is 19.8 Å². The summed E-state index contributed by atoms with van der Waals surface area (Å²) >= 11 is 18.0. The molecule has 0 saturated carbocycles. The third-order valence-corrected chi connectivity index (χ3v) is 6.07. The zero-order valence-electron chi connectivity index (χ0n) is 18.1. The Morgan fingerprint density at radius 2 is 1.91 bits per heavy atom. The van der Waals surface area contributed by atoms with Crippen molar-refractivity contribution in [1.29, 1.82) is 5.26 Å². The van der Waals surface area contributed by atoms with Crippen molar-refractivity contribution < 1.29 is 24.5 Å². The molecule has 1 saturated heterocycles. The standard InChI is InChI=1S/C22H20Cl2N4O5S/c1-22(2)19(31)27(13-4-3-12(9-25)17(24)7-13)21(34)28(22)14-5-6-16(23)18(8-14)26-20(32)33-11-15(30)10-29/h3-8,15,29-30H,10-11H2,1-2H3,(H,26,32). The number of halogens is 2. The van der Waals surface area contributed by atoms with Crippen molar-refractivity contribution in [2.45, 2.75) is 25.5 Å². The maximum absolute atomic E-state index is 13.3. The van der Waals surface area contributed by atoms with Crippen molar-refractivity contribution >= 4 is 69.6 Å². The van der Waals surface area contributed by atoms with E-state index >= 15 is 0 Å². The predicted molar refractivity (Wildman–Crippen MR) is 132 cm³/mol. The van der Waals surface area contributed by atoms with E-state index in [1.165, 1.54) is 29.2 Å². The van der Waals surface area contributed by atoms with Gasteiger partial charge in [0.05, 0.1) is 33.6 Å². The van der Waals surface area contributed by atoms with Crippen molar-refractivity contribution in [3.05, 3.63) is 52.0 Å². The molecule has 178 valence electrons. The molecule has 2 amide bonds. The van der Waals surface area contributed by atoms with E-state index in [2.05, 4.69) is 5.32 Å². The maximum atomic E-state index is 13.3. The molecule has 0 aromatic heterocycles. The molecule has 0 aliphatic carbocycles. The fourth-order valence-electron chi connectivity index (χ4n) is 3.31. The van der Waals surface area contributed by atoms with Crippen LogP contribution in [0.4, 0.5) is 21.9 Å².